The molecule has 2 nitrogen and oxygen atoms in total. The van der Waals surface area contributed by atoms with Gasteiger partial charge in [-0.05, 0) is 24.8 Å². The predicted octanol–water partition coefficient (Wildman–Crippen LogP) is 2.01. The molecule has 0 aromatic heterocycles. The van der Waals surface area contributed by atoms with Gasteiger partial charge < -0.3 is 5.73 Å². The first-order chi connectivity index (χ1) is 6.62. The lowest BCUT2D eigenvalue weighted by atomic mass is 9.84. The second-order valence-corrected chi connectivity index (χ2v) is 4.77. The van der Waals surface area contributed by atoms with Crippen molar-refractivity contribution in [1.82, 2.24) is 4.90 Å². The minimum atomic E-state index is 0.332. The fraction of sp³-hybridized carbons (Fsp3) is 0.833. The Morgan fingerprint density at radius 1 is 1.64 bits per heavy atom. The Morgan fingerprint density at radius 2 is 2.36 bits per heavy atom. The van der Waals surface area contributed by atoms with Gasteiger partial charge in [-0.1, -0.05) is 26.3 Å². The SMILES string of the molecule is C=CCN(CC)CC1(C)CCCC1N. The third-order valence-electron chi connectivity index (χ3n) is 3.58. The molecule has 0 spiro atoms. The smallest absolute Gasteiger partial charge is 0.0160 e. The second-order valence-electron chi connectivity index (χ2n) is 4.77. The van der Waals surface area contributed by atoms with Crippen LogP contribution in [0.5, 0.6) is 0 Å². The number of hydrogen-bond acceptors (Lipinski definition) is 2. The van der Waals surface area contributed by atoms with E-state index in [4.69, 9.17) is 5.73 Å². The summed E-state index contributed by atoms with van der Waals surface area (Å²) in [5, 5.41) is 0. The lowest BCUT2D eigenvalue weighted by Gasteiger charge is -2.34. The van der Waals surface area contributed by atoms with E-state index < -0.39 is 0 Å². The van der Waals surface area contributed by atoms with Crippen LogP contribution in [0.25, 0.3) is 0 Å². The van der Waals surface area contributed by atoms with Crippen LogP contribution in [-0.4, -0.2) is 30.6 Å². The molecule has 2 unspecified atom stereocenters. The maximum absolute atomic E-state index is 6.16. The Labute approximate surface area is 88.2 Å². The summed E-state index contributed by atoms with van der Waals surface area (Å²) in [6, 6.07) is 0.390. The van der Waals surface area contributed by atoms with Gasteiger partial charge in [0.2, 0.25) is 0 Å². The van der Waals surface area contributed by atoms with E-state index in [-0.39, 0.29) is 0 Å². The average Bonchev–Trinajstić information content (AvgIpc) is 2.47. The number of nitrogens with zero attached hydrogens (tertiary/aromatic N) is 1. The Kier molecular flexibility index (Phi) is 4.14. The van der Waals surface area contributed by atoms with Crippen LogP contribution in [0.4, 0.5) is 0 Å². The molecule has 0 aromatic rings. The molecule has 0 aliphatic heterocycles. The largest absolute Gasteiger partial charge is 0.327 e. The molecule has 0 amide bonds. The highest BCUT2D eigenvalue weighted by Crippen LogP contribution is 2.37. The normalized spacial score (nSPS) is 32.4. The third-order valence-corrected chi connectivity index (χ3v) is 3.58. The Hall–Kier alpha value is -0.340. The summed E-state index contributed by atoms with van der Waals surface area (Å²) >= 11 is 0. The minimum Gasteiger partial charge on any atom is -0.327 e. The molecular formula is C12H24N2. The van der Waals surface area contributed by atoms with Gasteiger partial charge in [-0.15, -0.1) is 6.58 Å². The average molecular weight is 196 g/mol. The van der Waals surface area contributed by atoms with E-state index in [9.17, 15) is 0 Å². The van der Waals surface area contributed by atoms with E-state index >= 15 is 0 Å². The zero-order chi connectivity index (χ0) is 10.6. The molecule has 1 aliphatic carbocycles. The number of hydrogen-bond donors (Lipinski definition) is 1. The van der Waals surface area contributed by atoms with Gasteiger partial charge in [-0.3, -0.25) is 4.90 Å². The van der Waals surface area contributed by atoms with Crippen LogP contribution in [0.2, 0.25) is 0 Å². The van der Waals surface area contributed by atoms with Gasteiger partial charge in [0, 0.05) is 19.1 Å². The molecule has 82 valence electrons. The molecule has 0 bridgehead atoms. The van der Waals surface area contributed by atoms with Gasteiger partial charge in [-0.25, -0.2) is 0 Å². The number of likely N-dealkylation sites (N-methyl/N-ethyl adjacent to an activating group) is 1. The zero-order valence-corrected chi connectivity index (χ0v) is 9.63. The molecule has 14 heavy (non-hydrogen) atoms. The van der Waals surface area contributed by atoms with E-state index in [1.807, 2.05) is 6.08 Å². The quantitative estimate of drug-likeness (QED) is 0.682. The molecule has 0 saturated heterocycles. The van der Waals surface area contributed by atoms with E-state index in [2.05, 4.69) is 25.3 Å². The van der Waals surface area contributed by atoms with E-state index in [1.165, 1.54) is 19.3 Å². The van der Waals surface area contributed by atoms with Crippen LogP contribution in [-0.2, 0) is 0 Å². The Balaban J connectivity index is 2.51. The van der Waals surface area contributed by atoms with Gasteiger partial charge in [0.1, 0.15) is 0 Å². The van der Waals surface area contributed by atoms with E-state index in [1.54, 1.807) is 0 Å². The van der Waals surface area contributed by atoms with Crippen molar-refractivity contribution in [3.63, 3.8) is 0 Å². The van der Waals surface area contributed by atoms with Crippen LogP contribution >= 0.6 is 0 Å². The maximum atomic E-state index is 6.16. The van der Waals surface area contributed by atoms with Gasteiger partial charge in [0.15, 0.2) is 0 Å². The monoisotopic (exact) mass is 196 g/mol. The first kappa shape index (κ1) is 11.7. The van der Waals surface area contributed by atoms with Crippen LogP contribution in [0, 0.1) is 5.41 Å². The van der Waals surface area contributed by atoms with Crippen molar-refractivity contribution in [2.45, 2.75) is 39.2 Å². The summed E-state index contributed by atoms with van der Waals surface area (Å²) in [4.78, 5) is 2.43. The van der Waals surface area contributed by atoms with Crippen LogP contribution in [0.15, 0.2) is 12.7 Å². The highest BCUT2D eigenvalue weighted by atomic mass is 15.1. The summed E-state index contributed by atoms with van der Waals surface area (Å²) in [6.07, 6.45) is 5.75. The Bertz CT molecular complexity index is 191. The highest BCUT2D eigenvalue weighted by molar-refractivity contribution is 4.94. The van der Waals surface area contributed by atoms with Crippen LogP contribution < -0.4 is 5.73 Å². The molecular weight excluding hydrogens is 172 g/mol. The minimum absolute atomic E-state index is 0.332. The van der Waals surface area contributed by atoms with E-state index in [0.29, 0.717) is 11.5 Å². The Morgan fingerprint density at radius 3 is 2.79 bits per heavy atom. The molecule has 2 atom stereocenters. The van der Waals surface area contributed by atoms with Crippen molar-refractivity contribution in [1.29, 1.82) is 0 Å². The number of nitrogens with two attached hydrogens (primary N) is 1. The van der Waals surface area contributed by atoms with Crippen LogP contribution in [0.1, 0.15) is 33.1 Å². The van der Waals surface area contributed by atoms with Gasteiger partial charge in [0.25, 0.3) is 0 Å². The highest BCUT2D eigenvalue weighted by Gasteiger charge is 2.37. The first-order valence-electron chi connectivity index (χ1n) is 5.71. The molecule has 1 rings (SSSR count). The van der Waals surface area contributed by atoms with Crippen LogP contribution in [0.3, 0.4) is 0 Å². The molecule has 0 heterocycles. The van der Waals surface area contributed by atoms with Gasteiger partial charge in [-0.2, -0.15) is 0 Å². The fourth-order valence-corrected chi connectivity index (χ4v) is 2.45. The molecule has 1 saturated carbocycles. The number of rotatable bonds is 5. The fourth-order valence-electron chi connectivity index (χ4n) is 2.45. The predicted molar refractivity (Wildman–Crippen MR) is 62.2 cm³/mol. The van der Waals surface area contributed by atoms with Crippen molar-refractivity contribution in [3.8, 4) is 0 Å². The summed E-state index contributed by atoms with van der Waals surface area (Å²) in [5.74, 6) is 0. The summed E-state index contributed by atoms with van der Waals surface area (Å²) < 4.78 is 0. The molecule has 0 radical (unpaired) electrons. The van der Waals surface area contributed by atoms with Crippen molar-refractivity contribution in [2.75, 3.05) is 19.6 Å². The zero-order valence-electron chi connectivity index (χ0n) is 9.63. The van der Waals surface area contributed by atoms with Gasteiger partial charge >= 0.3 is 0 Å². The standard InChI is InChI=1S/C12H24N2/c1-4-9-14(5-2)10-12(3)8-6-7-11(12)13/h4,11H,1,5-10,13H2,2-3H3. The van der Waals surface area contributed by atoms with Crippen molar-refractivity contribution in [3.05, 3.63) is 12.7 Å². The molecule has 2 N–H and O–H groups in total. The second kappa shape index (κ2) is 4.94. The van der Waals surface area contributed by atoms with Crippen molar-refractivity contribution in [2.24, 2.45) is 11.1 Å². The molecule has 0 aromatic carbocycles. The third kappa shape index (κ3) is 2.58. The van der Waals surface area contributed by atoms with Crippen molar-refractivity contribution >= 4 is 0 Å². The first-order valence-corrected chi connectivity index (χ1v) is 5.71. The van der Waals surface area contributed by atoms with Gasteiger partial charge in [0.05, 0.1) is 0 Å². The topological polar surface area (TPSA) is 29.3 Å². The maximum Gasteiger partial charge on any atom is 0.0160 e. The lowest BCUT2D eigenvalue weighted by Crippen LogP contribution is -2.44. The van der Waals surface area contributed by atoms with Crippen molar-refractivity contribution < 1.29 is 0 Å². The summed E-state index contributed by atoms with van der Waals surface area (Å²) in [7, 11) is 0. The lowest BCUT2D eigenvalue weighted by molar-refractivity contribution is 0.170. The molecule has 2 heteroatoms. The van der Waals surface area contributed by atoms with E-state index in [0.717, 1.165) is 19.6 Å². The molecule has 1 fully saturated rings. The summed E-state index contributed by atoms with van der Waals surface area (Å²) in [6.45, 7) is 11.5. The molecule has 1 aliphatic rings. The summed E-state index contributed by atoms with van der Waals surface area (Å²) in [5.41, 5.74) is 6.49.